The summed E-state index contributed by atoms with van der Waals surface area (Å²) in [5.74, 6) is 1.87. The molecule has 1 N–H and O–H groups in total. The van der Waals surface area contributed by atoms with Gasteiger partial charge in [-0.05, 0) is 37.6 Å². The number of hydrogen-bond donors (Lipinski definition) is 1. The Labute approximate surface area is 148 Å². The number of nitrogens with zero attached hydrogens (tertiary/aromatic N) is 2. The summed E-state index contributed by atoms with van der Waals surface area (Å²) in [6.45, 7) is 5.64. The molecule has 1 aliphatic rings. The molecule has 1 aliphatic heterocycles. The second-order valence-corrected chi connectivity index (χ2v) is 6.53. The van der Waals surface area contributed by atoms with Gasteiger partial charge in [-0.3, -0.25) is 9.69 Å². The highest BCUT2D eigenvalue weighted by Gasteiger charge is 2.25. The minimum atomic E-state index is 0.0524. The Morgan fingerprint density at radius 1 is 1.28 bits per heavy atom. The Balaban J connectivity index is 1.56. The molecule has 0 aliphatic carbocycles. The summed E-state index contributed by atoms with van der Waals surface area (Å²) in [7, 11) is 2.00. The summed E-state index contributed by atoms with van der Waals surface area (Å²) in [4.78, 5) is 14.6. The van der Waals surface area contributed by atoms with E-state index in [2.05, 4.69) is 20.9 Å². The number of hydrogen-bond acceptors (Lipinski definition) is 4. The van der Waals surface area contributed by atoms with Gasteiger partial charge in [0.1, 0.15) is 11.5 Å². The van der Waals surface area contributed by atoms with Crippen LogP contribution in [0.1, 0.15) is 29.7 Å². The van der Waals surface area contributed by atoms with Crippen LogP contribution < -0.4 is 5.32 Å². The number of aryl methyl sites for hydroxylation is 3. The molecule has 0 radical (unpaired) electrons. The fourth-order valence-electron chi connectivity index (χ4n) is 3.23. The molecule has 1 fully saturated rings. The molecule has 1 amide bonds. The summed E-state index contributed by atoms with van der Waals surface area (Å²) >= 11 is 0. The summed E-state index contributed by atoms with van der Waals surface area (Å²) in [5, 5.41) is 3.08. The SMILES string of the molecule is Cc1ccc([C@H](CNC(=O)CCc2cccn2C)N2CCOCC2)o1. The maximum atomic E-state index is 12.3. The highest BCUT2D eigenvalue weighted by atomic mass is 16.5. The van der Waals surface area contributed by atoms with Crippen molar-refractivity contribution in [3.8, 4) is 0 Å². The second kappa shape index (κ2) is 8.36. The van der Waals surface area contributed by atoms with Gasteiger partial charge in [-0.15, -0.1) is 0 Å². The molecule has 0 spiro atoms. The van der Waals surface area contributed by atoms with Crippen LogP contribution >= 0.6 is 0 Å². The lowest BCUT2D eigenvalue weighted by atomic mass is 10.1. The zero-order chi connectivity index (χ0) is 17.6. The maximum absolute atomic E-state index is 12.3. The van der Waals surface area contributed by atoms with E-state index in [0.717, 1.165) is 44.2 Å². The number of aromatic nitrogens is 1. The third-order valence-electron chi connectivity index (χ3n) is 4.73. The van der Waals surface area contributed by atoms with Gasteiger partial charge in [-0.25, -0.2) is 0 Å². The highest BCUT2D eigenvalue weighted by Crippen LogP contribution is 2.23. The number of morpholine rings is 1. The van der Waals surface area contributed by atoms with Gasteiger partial charge in [0.15, 0.2) is 0 Å². The largest absolute Gasteiger partial charge is 0.465 e. The minimum absolute atomic E-state index is 0.0524. The molecule has 6 nitrogen and oxygen atoms in total. The van der Waals surface area contributed by atoms with Crippen LogP contribution in [0.2, 0.25) is 0 Å². The van der Waals surface area contributed by atoms with Crippen molar-refractivity contribution in [1.29, 1.82) is 0 Å². The summed E-state index contributed by atoms with van der Waals surface area (Å²) in [6.07, 6.45) is 3.24. The van der Waals surface area contributed by atoms with Crippen LogP contribution in [0, 0.1) is 6.92 Å². The molecular weight excluding hydrogens is 318 g/mol. The van der Waals surface area contributed by atoms with Crippen LogP contribution in [-0.4, -0.2) is 48.2 Å². The first-order valence-electron chi connectivity index (χ1n) is 8.88. The van der Waals surface area contributed by atoms with Crippen molar-refractivity contribution in [2.24, 2.45) is 7.05 Å². The number of carbonyl (C=O) groups excluding carboxylic acids is 1. The van der Waals surface area contributed by atoms with Gasteiger partial charge in [-0.2, -0.15) is 0 Å². The van der Waals surface area contributed by atoms with Crippen molar-refractivity contribution in [2.45, 2.75) is 25.8 Å². The Bertz CT molecular complexity index is 686. The number of amides is 1. The first-order chi connectivity index (χ1) is 12.1. The van der Waals surface area contributed by atoms with Crippen LogP contribution in [0.3, 0.4) is 0 Å². The fraction of sp³-hybridized carbons (Fsp3) is 0.526. The van der Waals surface area contributed by atoms with E-state index in [1.54, 1.807) is 0 Å². The molecule has 2 aromatic rings. The Kier molecular flexibility index (Phi) is 5.94. The van der Waals surface area contributed by atoms with Gasteiger partial charge in [0.2, 0.25) is 5.91 Å². The van der Waals surface area contributed by atoms with Gasteiger partial charge >= 0.3 is 0 Å². The molecule has 2 aromatic heterocycles. The topological polar surface area (TPSA) is 59.6 Å². The smallest absolute Gasteiger partial charge is 0.220 e. The molecule has 25 heavy (non-hydrogen) atoms. The minimum Gasteiger partial charge on any atom is -0.465 e. The zero-order valence-electron chi connectivity index (χ0n) is 15.0. The number of nitrogens with one attached hydrogen (secondary N) is 1. The lowest BCUT2D eigenvalue weighted by molar-refractivity contribution is -0.121. The Morgan fingerprint density at radius 3 is 2.72 bits per heavy atom. The molecule has 3 rings (SSSR count). The molecule has 3 heterocycles. The van der Waals surface area contributed by atoms with Crippen molar-refractivity contribution >= 4 is 5.91 Å². The average molecular weight is 345 g/mol. The highest BCUT2D eigenvalue weighted by molar-refractivity contribution is 5.76. The number of carbonyl (C=O) groups is 1. The van der Waals surface area contributed by atoms with E-state index in [-0.39, 0.29) is 11.9 Å². The first kappa shape index (κ1) is 17.8. The molecule has 0 aromatic carbocycles. The van der Waals surface area contributed by atoms with E-state index in [9.17, 15) is 4.79 Å². The standard InChI is InChI=1S/C19H27N3O3/c1-15-5-7-18(25-15)17(22-10-12-24-13-11-22)14-20-19(23)8-6-16-4-3-9-21(16)2/h3-5,7,9,17H,6,8,10-14H2,1-2H3,(H,20,23)/t17-/m0/s1. The van der Waals surface area contributed by atoms with E-state index in [4.69, 9.17) is 9.15 Å². The maximum Gasteiger partial charge on any atom is 0.220 e. The van der Waals surface area contributed by atoms with Crippen molar-refractivity contribution in [3.05, 3.63) is 47.7 Å². The van der Waals surface area contributed by atoms with E-state index >= 15 is 0 Å². The van der Waals surface area contributed by atoms with Gasteiger partial charge < -0.3 is 19.0 Å². The quantitative estimate of drug-likeness (QED) is 0.834. The van der Waals surface area contributed by atoms with E-state index in [1.807, 2.05) is 38.4 Å². The third-order valence-corrected chi connectivity index (χ3v) is 4.73. The first-order valence-corrected chi connectivity index (χ1v) is 8.88. The summed E-state index contributed by atoms with van der Waals surface area (Å²) < 4.78 is 13.3. The average Bonchev–Trinajstić information content (AvgIpc) is 3.22. The molecule has 1 atom stereocenters. The van der Waals surface area contributed by atoms with E-state index in [0.29, 0.717) is 13.0 Å². The molecule has 0 bridgehead atoms. The van der Waals surface area contributed by atoms with E-state index in [1.165, 1.54) is 5.69 Å². The third kappa shape index (κ3) is 4.74. The van der Waals surface area contributed by atoms with Gasteiger partial charge in [0.25, 0.3) is 0 Å². The van der Waals surface area contributed by atoms with E-state index < -0.39 is 0 Å². The Morgan fingerprint density at radius 2 is 2.08 bits per heavy atom. The van der Waals surface area contributed by atoms with Gasteiger partial charge in [0.05, 0.1) is 19.3 Å². The molecule has 0 saturated carbocycles. The van der Waals surface area contributed by atoms with Crippen LogP contribution in [0.25, 0.3) is 0 Å². The lowest BCUT2D eigenvalue weighted by Gasteiger charge is -2.33. The normalized spacial score (nSPS) is 16.7. The predicted molar refractivity (Wildman–Crippen MR) is 95.3 cm³/mol. The summed E-state index contributed by atoms with van der Waals surface area (Å²) in [6, 6.07) is 8.08. The van der Waals surface area contributed by atoms with Gasteiger partial charge in [-0.1, -0.05) is 0 Å². The monoisotopic (exact) mass is 345 g/mol. The van der Waals surface area contributed by atoms with Crippen molar-refractivity contribution in [1.82, 2.24) is 14.8 Å². The summed E-state index contributed by atoms with van der Waals surface area (Å²) in [5.41, 5.74) is 1.17. The van der Waals surface area contributed by atoms with Crippen LogP contribution in [0.5, 0.6) is 0 Å². The molecule has 0 unspecified atom stereocenters. The van der Waals surface area contributed by atoms with Crippen molar-refractivity contribution in [2.75, 3.05) is 32.8 Å². The second-order valence-electron chi connectivity index (χ2n) is 6.53. The molecule has 1 saturated heterocycles. The molecule has 136 valence electrons. The lowest BCUT2D eigenvalue weighted by Crippen LogP contribution is -2.43. The zero-order valence-corrected chi connectivity index (χ0v) is 15.0. The van der Waals surface area contributed by atoms with Crippen LogP contribution in [0.15, 0.2) is 34.9 Å². The molecular formula is C19H27N3O3. The van der Waals surface area contributed by atoms with Crippen molar-refractivity contribution in [3.63, 3.8) is 0 Å². The number of ether oxygens (including phenoxy) is 1. The number of furan rings is 1. The van der Waals surface area contributed by atoms with Crippen LogP contribution in [-0.2, 0) is 23.0 Å². The number of rotatable bonds is 7. The molecule has 6 heteroatoms. The Hall–Kier alpha value is -2.05. The predicted octanol–water partition coefficient (Wildman–Crippen LogP) is 2.05. The van der Waals surface area contributed by atoms with Crippen LogP contribution in [0.4, 0.5) is 0 Å². The van der Waals surface area contributed by atoms with Gasteiger partial charge in [0, 0.05) is 45.0 Å². The fourth-order valence-corrected chi connectivity index (χ4v) is 3.23. The van der Waals surface area contributed by atoms with Crippen molar-refractivity contribution < 1.29 is 13.9 Å².